The molecule has 0 spiro atoms. The van der Waals surface area contributed by atoms with Gasteiger partial charge in [-0.1, -0.05) is 12.8 Å². The van der Waals surface area contributed by atoms with Crippen molar-refractivity contribution in [2.45, 2.75) is 74.4 Å². The van der Waals surface area contributed by atoms with Crippen LogP contribution in [-0.4, -0.2) is 68.5 Å². The summed E-state index contributed by atoms with van der Waals surface area (Å²) in [5.41, 5.74) is 7.19. The molecule has 5 N–H and O–H groups in total. The second kappa shape index (κ2) is 9.85. The molecule has 4 rings (SSSR count). The third-order valence-electron chi connectivity index (χ3n) is 6.93. The van der Waals surface area contributed by atoms with E-state index in [2.05, 4.69) is 15.1 Å². The summed E-state index contributed by atoms with van der Waals surface area (Å²) < 4.78 is 23.1. The van der Waals surface area contributed by atoms with Crippen LogP contribution in [0.15, 0.2) is 34.2 Å². The van der Waals surface area contributed by atoms with E-state index in [1.165, 1.54) is 44.5 Å². The van der Waals surface area contributed by atoms with Crippen molar-refractivity contribution >= 4 is 21.7 Å². The highest BCUT2D eigenvalue weighted by Gasteiger charge is 2.29. The molecule has 3 aliphatic rings. The molecule has 1 aliphatic carbocycles. The monoisotopic (exact) mass is 448 g/mol. The number of benzene rings is 1. The number of hydrogen-bond acceptors (Lipinski definition) is 5. The van der Waals surface area contributed by atoms with Gasteiger partial charge in [-0.05, 0) is 75.9 Å². The molecule has 0 bridgehead atoms. The molecular weight excluding hydrogens is 412 g/mol. The molecule has 2 heterocycles. The lowest BCUT2D eigenvalue weighted by molar-refractivity contribution is 0.163. The van der Waals surface area contributed by atoms with E-state index in [0.29, 0.717) is 6.04 Å². The van der Waals surface area contributed by atoms with Crippen molar-refractivity contribution in [3.05, 3.63) is 24.3 Å². The standard InChI is InChI=1S/C22H36N6O2S/c23-20-5-1-2-6-21(20)26-22(25-17-7-9-19(10-8-17)31(24,29)30)28-15-11-18(12-16-28)27-13-3-4-14-27/h7-10,18,20-21H,1-6,11-16,23H2,(H,25,26)(H2,24,29,30)/t20-,21-/m0/s1. The van der Waals surface area contributed by atoms with Crippen molar-refractivity contribution in [2.24, 2.45) is 15.9 Å². The van der Waals surface area contributed by atoms with E-state index < -0.39 is 10.0 Å². The smallest absolute Gasteiger partial charge is 0.238 e. The molecule has 2 aliphatic heterocycles. The van der Waals surface area contributed by atoms with Crippen LogP contribution in [0.5, 0.6) is 0 Å². The van der Waals surface area contributed by atoms with Gasteiger partial charge in [-0.15, -0.1) is 0 Å². The second-order valence-electron chi connectivity index (χ2n) is 9.12. The van der Waals surface area contributed by atoms with Gasteiger partial charge < -0.3 is 20.9 Å². The third-order valence-corrected chi connectivity index (χ3v) is 7.86. The molecule has 2 saturated heterocycles. The Hall–Kier alpha value is -1.68. The van der Waals surface area contributed by atoms with Crippen molar-refractivity contribution in [1.29, 1.82) is 0 Å². The lowest BCUT2D eigenvalue weighted by Gasteiger charge is -2.39. The summed E-state index contributed by atoms with van der Waals surface area (Å²) in [4.78, 5) is 10.2. The quantitative estimate of drug-likeness (QED) is 0.479. The number of aliphatic imine (C=N–C) groups is 1. The summed E-state index contributed by atoms with van der Waals surface area (Å²) in [5.74, 6) is 0.852. The van der Waals surface area contributed by atoms with E-state index in [1.807, 2.05) is 0 Å². The van der Waals surface area contributed by atoms with Crippen LogP contribution in [0.1, 0.15) is 51.4 Å². The highest BCUT2D eigenvalue weighted by atomic mass is 32.2. The van der Waals surface area contributed by atoms with Crippen molar-refractivity contribution in [3.63, 3.8) is 0 Å². The summed E-state index contributed by atoms with van der Waals surface area (Å²) in [6.07, 6.45) is 9.29. The fraction of sp³-hybridized carbons (Fsp3) is 0.682. The molecule has 9 heteroatoms. The van der Waals surface area contributed by atoms with Gasteiger partial charge in [0.2, 0.25) is 10.0 Å². The van der Waals surface area contributed by atoms with Gasteiger partial charge in [-0.2, -0.15) is 0 Å². The Balaban J connectivity index is 1.49. The van der Waals surface area contributed by atoms with E-state index >= 15 is 0 Å². The Morgan fingerprint density at radius 1 is 0.935 bits per heavy atom. The molecule has 0 amide bonds. The Labute approximate surface area is 186 Å². The number of anilines is 1. The van der Waals surface area contributed by atoms with E-state index in [0.717, 1.165) is 56.8 Å². The van der Waals surface area contributed by atoms with Gasteiger partial charge in [-0.25, -0.2) is 18.5 Å². The second-order valence-corrected chi connectivity index (χ2v) is 10.7. The Morgan fingerprint density at radius 3 is 2.19 bits per heavy atom. The van der Waals surface area contributed by atoms with Crippen LogP contribution in [0.2, 0.25) is 0 Å². The largest absolute Gasteiger partial charge is 0.343 e. The molecule has 0 radical (unpaired) electrons. The van der Waals surface area contributed by atoms with Gasteiger partial charge in [0.15, 0.2) is 5.96 Å². The van der Waals surface area contributed by atoms with Crippen molar-refractivity contribution in [1.82, 2.24) is 9.80 Å². The van der Waals surface area contributed by atoms with E-state index in [4.69, 9.17) is 15.9 Å². The highest BCUT2D eigenvalue weighted by molar-refractivity contribution is 7.89. The molecule has 1 aromatic carbocycles. The molecule has 31 heavy (non-hydrogen) atoms. The average Bonchev–Trinajstić information content (AvgIpc) is 3.30. The van der Waals surface area contributed by atoms with E-state index in [1.54, 1.807) is 12.1 Å². The highest BCUT2D eigenvalue weighted by Crippen LogP contribution is 2.24. The summed E-state index contributed by atoms with van der Waals surface area (Å²) in [6, 6.07) is 7.43. The molecule has 2 atom stereocenters. The molecule has 8 nitrogen and oxygen atoms in total. The number of sulfonamides is 1. The molecule has 1 aromatic rings. The molecule has 0 aromatic heterocycles. The number of piperidine rings is 1. The van der Waals surface area contributed by atoms with Crippen LogP contribution >= 0.6 is 0 Å². The maximum Gasteiger partial charge on any atom is 0.238 e. The first-order chi connectivity index (χ1) is 14.9. The van der Waals surface area contributed by atoms with Crippen LogP contribution in [0.25, 0.3) is 0 Å². The number of guanidine groups is 1. The number of likely N-dealkylation sites (tertiary alicyclic amines) is 2. The van der Waals surface area contributed by atoms with Gasteiger partial charge in [0.25, 0.3) is 0 Å². The van der Waals surface area contributed by atoms with Crippen LogP contribution in [0, 0.1) is 0 Å². The first-order valence-electron chi connectivity index (χ1n) is 11.6. The minimum absolute atomic E-state index is 0.0949. The molecule has 172 valence electrons. The number of primary sulfonamides is 1. The van der Waals surface area contributed by atoms with E-state index in [9.17, 15) is 8.42 Å². The molecule has 0 unspecified atom stereocenters. The number of nitrogens with two attached hydrogens (primary N) is 2. The third kappa shape index (κ3) is 5.77. The van der Waals surface area contributed by atoms with Crippen LogP contribution in [0.4, 0.5) is 5.69 Å². The summed E-state index contributed by atoms with van der Waals surface area (Å²) in [6.45, 7) is 4.39. The number of rotatable bonds is 4. The zero-order valence-corrected chi connectivity index (χ0v) is 19.1. The van der Waals surface area contributed by atoms with Gasteiger partial charge in [0.05, 0.1) is 10.9 Å². The van der Waals surface area contributed by atoms with Gasteiger partial charge in [-0.3, -0.25) is 0 Å². The lowest BCUT2D eigenvalue weighted by Crippen LogP contribution is -2.49. The summed E-state index contributed by atoms with van der Waals surface area (Å²) >= 11 is 0. The molecule has 1 saturated carbocycles. The lowest BCUT2D eigenvalue weighted by atomic mass is 9.91. The van der Waals surface area contributed by atoms with Gasteiger partial charge in [0.1, 0.15) is 0 Å². The fourth-order valence-electron chi connectivity index (χ4n) is 5.06. The molecular formula is C22H36N6O2S. The van der Waals surface area contributed by atoms with Crippen LogP contribution < -0.4 is 16.2 Å². The number of nitrogens with one attached hydrogen (secondary N) is 1. The maximum absolute atomic E-state index is 11.6. The average molecular weight is 449 g/mol. The zero-order valence-electron chi connectivity index (χ0n) is 18.2. The van der Waals surface area contributed by atoms with Gasteiger partial charge in [0, 0.05) is 30.9 Å². The Morgan fingerprint density at radius 2 is 1.58 bits per heavy atom. The predicted molar refractivity (Wildman–Crippen MR) is 125 cm³/mol. The molecule has 3 fully saturated rings. The predicted octanol–water partition coefficient (Wildman–Crippen LogP) is 1.93. The van der Waals surface area contributed by atoms with Gasteiger partial charge >= 0.3 is 0 Å². The van der Waals surface area contributed by atoms with Crippen molar-refractivity contribution < 1.29 is 8.42 Å². The first kappa shape index (κ1) is 22.5. The minimum atomic E-state index is -3.70. The maximum atomic E-state index is 11.6. The number of hydrogen-bond donors (Lipinski definition) is 3. The topological polar surface area (TPSA) is 117 Å². The van der Waals surface area contributed by atoms with Crippen LogP contribution in [0.3, 0.4) is 0 Å². The fourth-order valence-corrected chi connectivity index (χ4v) is 5.57. The van der Waals surface area contributed by atoms with Crippen molar-refractivity contribution in [3.8, 4) is 0 Å². The number of nitrogens with zero attached hydrogens (tertiary/aromatic N) is 3. The van der Waals surface area contributed by atoms with Crippen LogP contribution in [-0.2, 0) is 10.0 Å². The minimum Gasteiger partial charge on any atom is -0.343 e. The Bertz CT molecular complexity index is 858. The van der Waals surface area contributed by atoms with E-state index in [-0.39, 0.29) is 17.0 Å². The SMILES string of the molecule is N[C@H]1CCCC[C@@H]1N=C(Nc1ccc(S(N)(=O)=O)cc1)N1CCC(N2CCCC2)CC1. The summed E-state index contributed by atoms with van der Waals surface area (Å²) in [7, 11) is -3.70. The van der Waals surface area contributed by atoms with Crippen molar-refractivity contribution in [2.75, 3.05) is 31.5 Å². The Kier molecular flexibility index (Phi) is 7.15. The normalized spacial score (nSPS) is 26.9. The summed E-state index contributed by atoms with van der Waals surface area (Å²) in [5, 5.41) is 8.68. The first-order valence-corrected chi connectivity index (χ1v) is 13.2. The zero-order chi connectivity index (χ0) is 21.8.